The van der Waals surface area contributed by atoms with Crippen molar-refractivity contribution >= 4 is 45.2 Å². The van der Waals surface area contributed by atoms with Crippen LogP contribution in [0.5, 0.6) is 11.5 Å². The van der Waals surface area contributed by atoms with Crippen LogP contribution in [0.25, 0.3) is 11.1 Å². The minimum atomic E-state index is -0.814. The molecule has 32 heavy (non-hydrogen) atoms. The number of hydrogen-bond acceptors (Lipinski definition) is 8. The van der Waals surface area contributed by atoms with Crippen molar-refractivity contribution in [1.82, 2.24) is 10.6 Å². The molecular weight excluding hydrogens is 640 g/mol. The number of hydrogen-bond donors (Lipinski definition) is 5. The highest BCUT2D eigenvalue weighted by molar-refractivity contribution is 14.1. The third-order valence-corrected chi connectivity index (χ3v) is 6.75. The predicted molar refractivity (Wildman–Crippen MR) is 139 cm³/mol. The monoisotopic (exact) mass is 667 g/mol. The molecule has 0 aliphatic rings. The lowest BCUT2D eigenvalue weighted by Gasteiger charge is -2.23. The van der Waals surface area contributed by atoms with E-state index in [0.29, 0.717) is 42.7 Å². The number of nitrogens with one attached hydrogen (secondary N) is 2. The Bertz CT molecular complexity index is 968. The van der Waals surface area contributed by atoms with Crippen LogP contribution in [0.15, 0.2) is 24.3 Å². The second-order valence-corrected chi connectivity index (χ2v) is 9.39. The lowest BCUT2D eigenvalue weighted by molar-refractivity contribution is -0.0116. The highest BCUT2D eigenvalue weighted by atomic mass is 127. The smallest absolute Gasteiger partial charge is 0.138 e. The van der Waals surface area contributed by atoms with Crippen LogP contribution in [0.3, 0.4) is 0 Å². The number of halogens is 2. The molecule has 0 fully saturated rings. The van der Waals surface area contributed by atoms with Crippen LogP contribution in [0, 0.1) is 18.5 Å². The number of nitriles is 1. The maximum atomic E-state index is 10.6. The molecule has 174 valence electrons. The Morgan fingerprint density at radius 1 is 1.09 bits per heavy atom. The van der Waals surface area contributed by atoms with Gasteiger partial charge in [0.2, 0.25) is 0 Å². The van der Waals surface area contributed by atoms with E-state index in [0.717, 1.165) is 5.56 Å². The number of nitrogens with zero attached hydrogens (tertiary/aromatic N) is 1. The number of aliphatic hydroxyl groups is 2. The molecule has 5 N–H and O–H groups in total. The molecule has 0 saturated carbocycles. The van der Waals surface area contributed by atoms with Crippen LogP contribution in [0.4, 0.5) is 0 Å². The van der Waals surface area contributed by atoms with Crippen molar-refractivity contribution in [1.29, 1.82) is 5.26 Å². The van der Waals surface area contributed by atoms with Gasteiger partial charge in [0, 0.05) is 23.8 Å². The molecule has 0 amide bonds. The summed E-state index contributed by atoms with van der Waals surface area (Å²) in [5.74, 6) is 0.409. The molecule has 10 heteroatoms. The van der Waals surface area contributed by atoms with Crippen molar-refractivity contribution in [2.75, 3.05) is 40.9 Å². The number of ether oxygens (including phenoxy) is 2. The van der Waals surface area contributed by atoms with E-state index in [4.69, 9.17) is 9.47 Å². The largest absolute Gasteiger partial charge is 0.507 e. The first-order valence-corrected chi connectivity index (χ1v) is 12.0. The van der Waals surface area contributed by atoms with Crippen molar-refractivity contribution in [3.8, 4) is 28.7 Å². The molecule has 0 aliphatic carbocycles. The minimum absolute atomic E-state index is 0.0272. The number of rotatable bonds is 11. The SMILES string of the molecule is CNCC(O)COc1cc(-c2cc(C(OC)C(O)CNC)cc(O)c2I)cc(I)c1C#N. The van der Waals surface area contributed by atoms with Gasteiger partial charge in [0.05, 0.1) is 9.67 Å². The van der Waals surface area contributed by atoms with E-state index in [9.17, 15) is 20.6 Å². The van der Waals surface area contributed by atoms with Gasteiger partial charge >= 0.3 is 0 Å². The fourth-order valence-corrected chi connectivity index (χ4v) is 4.62. The lowest BCUT2D eigenvalue weighted by Crippen LogP contribution is -2.30. The van der Waals surface area contributed by atoms with Crippen LogP contribution in [-0.4, -0.2) is 68.4 Å². The van der Waals surface area contributed by atoms with Crippen LogP contribution in [0.2, 0.25) is 0 Å². The van der Waals surface area contributed by atoms with Crippen molar-refractivity contribution < 1.29 is 24.8 Å². The standard InChI is InChI=1S/C22H27I2N3O5/c1-26-9-14(28)11-32-20-7-12(5-17(23)16(20)8-25)15-4-13(6-18(29)21(15)24)22(31-3)19(30)10-27-2/h4-7,14,19,22,26-30H,9-11H2,1-3H3. The van der Waals surface area contributed by atoms with Gasteiger partial charge in [-0.1, -0.05) is 0 Å². The first-order chi connectivity index (χ1) is 15.3. The first-order valence-electron chi connectivity index (χ1n) is 9.84. The topological polar surface area (TPSA) is 127 Å². The van der Waals surface area contributed by atoms with Gasteiger partial charge in [-0.15, -0.1) is 0 Å². The molecule has 2 aromatic rings. The summed E-state index contributed by atoms with van der Waals surface area (Å²) in [7, 11) is 4.97. The number of phenols is 1. The average molecular weight is 667 g/mol. The number of aromatic hydroxyl groups is 1. The Labute approximate surface area is 215 Å². The first kappa shape index (κ1) is 27.0. The summed E-state index contributed by atoms with van der Waals surface area (Å²) < 4.78 is 12.6. The maximum Gasteiger partial charge on any atom is 0.138 e. The third-order valence-electron chi connectivity index (χ3n) is 4.77. The highest BCUT2D eigenvalue weighted by Crippen LogP contribution is 2.39. The Morgan fingerprint density at radius 3 is 2.38 bits per heavy atom. The molecule has 2 aromatic carbocycles. The maximum absolute atomic E-state index is 10.6. The molecule has 2 rings (SSSR count). The zero-order valence-electron chi connectivity index (χ0n) is 18.0. The number of likely N-dealkylation sites (N-methyl/N-ethyl adjacent to an activating group) is 2. The van der Waals surface area contributed by atoms with Crippen LogP contribution >= 0.6 is 45.2 Å². The van der Waals surface area contributed by atoms with Crippen molar-refractivity contribution in [3.63, 3.8) is 0 Å². The molecule has 0 heterocycles. The average Bonchev–Trinajstić information content (AvgIpc) is 2.75. The highest BCUT2D eigenvalue weighted by Gasteiger charge is 2.24. The van der Waals surface area contributed by atoms with E-state index in [1.54, 1.807) is 26.2 Å². The summed E-state index contributed by atoms with van der Waals surface area (Å²) in [6.45, 7) is 0.710. The predicted octanol–water partition coefficient (Wildman–Crippen LogP) is 2.37. The Hall–Kier alpha value is -1.21. The number of aliphatic hydroxyl groups excluding tert-OH is 2. The van der Waals surface area contributed by atoms with Crippen LogP contribution in [0.1, 0.15) is 17.2 Å². The van der Waals surface area contributed by atoms with E-state index in [-0.39, 0.29) is 12.4 Å². The quantitative estimate of drug-likeness (QED) is 0.232. The van der Waals surface area contributed by atoms with Gasteiger partial charge < -0.3 is 35.4 Å². The second-order valence-electron chi connectivity index (χ2n) is 7.15. The summed E-state index contributed by atoms with van der Waals surface area (Å²) in [5.41, 5.74) is 2.43. The van der Waals surface area contributed by atoms with E-state index in [1.165, 1.54) is 7.11 Å². The normalized spacial score (nSPS) is 13.9. The van der Waals surface area contributed by atoms with E-state index in [2.05, 4.69) is 61.9 Å². The van der Waals surface area contributed by atoms with Crippen molar-refractivity contribution in [2.45, 2.75) is 18.3 Å². The molecule has 0 saturated heterocycles. The number of methoxy groups -OCH3 is 1. The molecule has 0 bridgehead atoms. The van der Waals surface area contributed by atoms with Gasteiger partial charge in [0.25, 0.3) is 0 Å². The third kappa shape index (κ3) is 6.66. The molecule has 3 unspecified atom stereocenters. The van der Waals surface area contributed by atoms with Gasteiger partial charge in [0.1, 0.15) is 41.9 Å². The summed E-state index contributed by atoms with van der Waals surface area (Å²) in [6, 6.07) is 9.14. The van der Waals surface area contributed by atoms with Crippen LogP contribution in [-0.2, 0) is 4.74 Å². The Morgan fingerprint density at radius 2 is 1.78 bits per heavy atom. The number of benzene rings is 2. The van der Waals surface area contributed by atoms with Gasteiger partial charge in [0.15, 0.2) is 0 Å². The van der Waals surface area contributed by atoms with Crippen LogP contribution < -0.4 is 15.4 Å². The molecule has 0 spiro atoms. The van der Waals surface area contributed by atoms with Crippen molar-refractivity contribution in [2.24, 2.45) is 0 Å². The van der Waals surface area contributed by atoms with Gasteiger partial charge in [-0.2, -0.15) is 5.26 Å². The van der Waals surface area contributed by atoms with Gasteiger partial charge in [-0.05, 0) is 100 Å². The summed E-state index contributed by atoms with van der Waals surface area (Å²) >= 11 is 4.13. The van der Waals surface area contributed by atoms with Gasteiger partial charge in [-0.3, -0.25) is 0 Å². The van der Waals surface area contributed by atoms with E-state index < -0.39 is 18.3 Å². The molecule has 3 atom stereocenters. The van der Waals surface area contributed by atoms with E-state index in [1.807, 2.05) is 12.1 Å². The second kappa shape index (κ2) is 12.9. The summed E-state index contributed by atoms with van der Waals surface area (Å²) in [5, 5.41) is 46.4. The van der Waals surface area contributed by atoms with E-state index >= 15 is 0 Å². The lowest BCUT2D eigenvalue weighted by atomic mass is 9.96. The summed E-state index contributed by atoms with van der Waals surface area (Å²) in [4.78, 5) is 0. The fraction of sp³-hybridized carbons (Fsp3) is 0.409. The zero-order valence-corrected chi connectivity index (χ0v) is 22.3. The number of phenolic OH excluding ortho intramolecular Hbond substituents is 1. The zero-order chi connectivity index (χ0) is 23.8. The molecule has 0 radical (unpaired) electrons. The van der Waals surface area contributed by atoms with Gasteiger partial charge in [-0.25, -0.2) is 0 Å². The minimum Gasteiger partial charge on any atom is -0.507 e. The molecule has 0 aromatic heterocycles. The Kier molecular flexibility index (Phi) is 10.9. The summed E-state index contributed by atoms with van der Waals surface area (Å²) in [6.07, 6.45) is -2.18. The Balaban J connectivity index is 2.54. The molecule has 0 aliphatic heterocycles. The van der Waals surface area contributed by atoms with Crippen molar-refractivity contribution in [3.05, 3.63) is 42.5 Å². The molecule has 8 nitrogen and oxygen atoms in total. The molecular formula is C22H27I2N3O5. The fourth-order valence-electron chi connectivity index (χ4n) is 3.28.